The lowest BCUT2D eigenvalue weighted by atomic mass is 9.89. The van der Waals surface area contributed by atoms with Crippen molar-refractivity contribution in [1.29, 1.82) is 0 Å². The van der Waals surface area contributed by atoms with Gasteiger partial charge in [0.05, 0.1) is 26.4 Å². The van der Waals surface area contributed by atoms with Gasteiger partial charge in [0.1, 0.15) is 0 Å². The van der Waals surface area contributed by atoms with Crippen LogP contribution in [0, 0.1) is 11.8 Å². The molecule has 2 atom stereocenters. The molecular formula is C9H16O4S. The van der Waals surface area contributed by atoms with Crippen LogP contribution in [0.2, 0.25) is 0 Å². The molecule has 0 unspecified atom stereocenters. The Bertz CT molecular complexity index is 179. The zero-order chi connectivity index (χ0) is 10.0. The molecule has 0 bridgehead atoms. The topological polar surface area (TPSA) is 58.9 Å². The maximum absolute atomic E-state index is 9.27. The average molecular weight is 220 g/mol. The van der Waals surface area contributed by atoms with Crippen molar-refractivity contribution in [2.24, 2.45) is 11.8 Å². The van der Waals surface area contributed by atoms with E-state index in [-0.39, 0.29) is 25.0 Å². The number of aliphatic hydroxyl groups excluding tert-OH is 2. The molecule has 5 heteroatoms. The van der Waals surface area contributed by atoms with Crippen molar-refractivity contribution >= 4 is 11.8 Å². The first kappa shape index (κ1) is 10.7. The van der Waals surface area contributed by atoms with Gasteiger partial charge in [-0.25, -0.2) is 0 Å². The highest BCUT2D eigenvalue weighted by Crippen LogP contribution is 2.42. The predicted octanol–water partition coefficient (Wildman–Crippen LogP) is -0.307. The van der Waals surface area contributed by atoms with Gasteiger partial charge in [-0.1, -0.05) is 0 Å². The van der Waals surface area contributed by atoms with Crippen molar-refractivity contribution in [2.75, 3.05) is 37.9 Å². The highest BCUT2D eigenvalue weighted by atomic mass is 32.2. The van der Waals surface area contributed by atoms with Crippen molar-refractivity contribution in [2.45, 2.75) is 5.79 Å². The lowest BCUT2D eigenvalue weighted by Crippen LogP contribution is -2.53. The van der Waals surface area contributed by atoms with Gasteiger partial charge in [0, 0.05) is 23.3 Å². The third kappa shape index (κ3) is 1.57. The smallest absolute Gasteiger partial charge is 0.180 e. The molecule has 0 amide bonds. The molecule has 0 aliphatic carbocycles. The van der Waals surface area contributed by atoms with Crippen LogP contribution in [-0.4, -0.2) is 53.9 Å². The summed E-state index contributed by atoms with van der Waals surface area (Å²) in [6.45, 7) is 1.25. The first-order valence-electron chi connectivity index (χ1n) is 4.91. The van der Waals surface area contributed by atoms with Crippen LogP contribution in [0.4, 0.5) is 0 Å². The van der Waals surface area contributed by atoms with Gasteiger partial charge in [-0.2, -0.15) is 11.8 Å². The molecule has 2 aliphatic heterocycles. The van der Waals surface area contributed by atoms with Crippen molar-refractivity contribution in [3.8, 4) is 0 Å². The van der Waals surface area contributed by atoms with E-state index in [2.05, 4.69) is 0 Å². The Hall–Kier alpha value is 0.190. The predicted molar refractivity (Wildman–Crippen MR) is 53.1 cm³/mol. The number of thioether (sulfide) groups is 1. The number of rotatable bonds is 2. The van der Waals surface area contributed by atoms with Gasteiger partial charge in [-0.05, 0) is 0 Å². The molecule has 82 valence electrons. The zero-order valence-corrected chi connectivity index (χ0v) is 8.83. The molecule has 2 aliphatic rings. The van der Waals surface area contributed by atoms with Crippen LogP contribution in [0.1, 0.15) is 0 Å². The molecule has 0 radical (unpaired) electrons. The minimum atomic E-state index is -0.714. The highest BCUT2D eigenvalue weighted by Gasteiger charge is 2.52. The zero-order valence-electron chi connectivity index (χ0n) is 8.02. The van der Waals surface area contributed by atoms with Crippen LogP contribution in [0.5, 0.6) is 0 Å². The monoisotopic (exact) mass is 220 g/mol. The minimum absolute atomic E-state index is 0.0131. The van der Waals surface area contributed by atoms with E-state index < -0.39 is 5.79 Å². The number of ether oxygens (including phenoxy) is 2. The second-order valence-electron chi connectivity index (χ2n) is 3.71. The molecule has 0 saturated carbocycles. The van der Waals surface area contributed by atoms with Crippen molar-refractivity contribution < 1.29 is 19.7 Å². The lowest BCUT2D eigenvalue weighted by molar-refractivity contribution is -0.236. The van der Waals surface area contributed by atoms with Crippen LogP contribution >= 0.6 is 11.8 Å². The average Bonchev–Trinajstić information content (AvgIpc) is 2.68. The van der Waals surface area contributed by atoms with Crippen LogP contribution < -0.4 is 0 Å². The summed E-state index contributed by atoms with van der Waals surface area (Å²) in [4.78, 5) is 0. The normalized spacial score (nSPS) is 36.4. The van der Waals surface area contributed by atoms with Gasteiger partial charge in [-0.3, -0.25) is 0 Å². The molecular weight excluding hydrogens is 204 g/mol. The van der Waals surface area contributed by atoms with Crippen LogP contribution in [0.15, 0.2) is 0 Å². The number of aliphatic hydroxyl groups is 2. The second-order valence-corrected chi connectivity index (χ2v) is 4.79. The summed E-state index contributed by atoms with van der Waals surface area (Å²) in [6, 6.07) is 0. The van der Waals surface area contributed by atoms with E-state index in [1.54, 1.807) is 11.8 Å². The molecule has 2 N–H and O–H groups in total. The molecule has 14 heavy (non-hydrogen) atoms. The van der Waals surface area contributed by atoms with E-state index in [9.17, 15) is 10.2 Å². The summed E-state index contributed by atoms with van der Waals surface area (Å²) < 4.78 is 11.3. The van der Waals surface area contributed by atoms with Gasteiger partial charge in [0.15, 0.2) is 5.79 Å². The van der Waals surface area contributed by atoms with Gasteiger partial charge < -0.3 is 19.7 Å². The Labute approximate surface area is 87.6 Å². The molecule has 2 saturated heterocycles. The maximum Gasteiger partial charge on any atom is 0.180 e. The molecule has 2 rings (SSSR count). The van der Waals surface area contributed by atoms with E-state index in [0.717, 1.165) is 11.5 Å². The molecule has 0 aromatic heterocycles. The summed E-state index contributed by atoms with van der Waals surface area (Å²) in [5.41, 5.74) is 0. The van der Waals surface area contributed by atoms with Gasteiger partial charge >= 0.3 is 0 Å². The van der Waals surface area contributed by atoms with E-state index in [0.29, 0.717) is 13.2 Å². The fourth-order valence-electron chi connectivity index (χ4n) is 2.19. The molecule has 4 nitrogen and oxygen atoms in total. The number of hydrogen-bond donors (Lipinski definition) is 2. The molecule has 0 aromatic carbocycles. The van der Waals surface area contributed by atoms with E-state index in [1.165, 1.54) is 0 Å². The third-order valence-electron chi connectivity index (χ3n) is 2.96. The molecule has 0 aromatic rings. The van der Waals surface area contributed by atoms with Gasteiger partial charge in [0.25, 0.3) is 0 Å². The lowest BCUT2D eigenvalue weighted by Gasteiger charge is -2.43. The standard InChI is InChI=1S/C9H16O4S/c10-3-7-5-14-6-8(4-11)9(7)12-1-2-13-9/h7-8,10-11H,1-6H2/t7-,8+. The van der Waals surface area contributed by atoms with Gasteiger partial charge in [-0.15, -0.1) is 0 Å². The SMILES string of the molecule is OC[C@@H]1CSC[C@H](CO)C12OCCO2. The summed E-state index contributed by atoms with van der Waals surface area (Å²) in [5.74, 6) is 0.941. The van der Waals surface area contributed by atoms with Crippen LogP contribution in [0.25, 0.3) is 0 Å². The van der Waals surface area contributed by atoms with E-state index in [4.69, 9.17) is 9.47 Å². The quantitative estimate of drug-likeness (QED) is 0.669. The van der Waals surface area contributed by atoms with E-state index in [1.807, 2.05) is 0 Å². The summed E-state index contributed by atoms with van der Waals surface area (Å²) in [7, 11) is 0. The van der Waals surface area contributed by atoms with Gasteiger partial charge in [0.2, 0.25) is 0 Å². The Balaban J connectivity index is 2.18. The summed E-state index contributed by atoms with van der Waals surface area (Å²) in [6.07, 6.45) is 0. The first-order valence-corrected chi connectivity index (χ1v) is 6.06. The molecule has 2 fully saturated rings. The van der Waals surface area contributed by atoms with E-state index >= 15 is 0 Å². The Morgan fingerprint density at radius 1 is 1.07 bits per heavy atom. The summed E-state index contributed by atoms with van der Waals surface area (Å²) in [5, 5.41) is 18.5. The molecule has 1 spiro atoms. The van der Waals surface area contributed by atoms with Crippen LogP contribution in [-0.2, 0) is 9.47 Å². The Morgan fingerprint density at radius 3 is 2.00 bits per heavy atom. The maximum atomic E-state index is 9.27. The Kier molecular flexibility index (Phi) is 3.34. The fourth-order valence-corrected chi connectivity index (χ4v) is 3.57. The van der Waals surface area contributed by atoms with Crippen molar-refractivity contribution in [1.82, 2.24) is 0 Å². The summed E-state index contributed by atoms with van der Waals surface area (Å²) >= 11 is 1.74. The van der Waals surface area contributed by atoms with Crippen LogP contribution in [0.3, 0.4) is 0 Å². The number of hydrogen-bond acceptors (Lipinski definition) is 5. The largest absolute Gasteiger partial charge is 0.396 e. The van der Waals surface area contributed by atoms with Crippen molar-refractivity contribution in [3.05, 3.63) is 0 Å². The highest BCUT2D eigenvalue weighted by molar-refractivity contribution is 7.99. The third-order valence-corrected chi connectivity index (χ3v) is 4.23. The Morgan fingerprint density at radius 2 is 1.57 bits per heavy atom. The minimum Gasteiger partial charge on any atom is -0.396 e. The fraction of sp³-hybridized carbons (Fsp3) is 1.00. The second kappa shape index (κ2) is 4.37. The van der Waals surface area contributed by atoms with Crippen molar-refractivity contribution in [3.63, 3.8) is 0 Å². The first-order chi connectivity index (χ1) is 6.83. The molecule has 2 heterocycles.